The molecule has 3 aromatic rings. The molecule has 0 aliphatic heterocycles. The summed E-state index contributed by atoms with van der Waals surface area (Å²) in [6.45, 7) is 2.60. The zero-order valence-electron chi connectivity index (χ0n) is 11.2. The molecule has 1 heterocycles. The first kappa shape index (κ1) is 12.6. The number of rotatable bonds is 3. The molecule has 1 aromatic heterocycles. The average Bonchev–Trinajstić information content (AvgIpc) is 2.46. The van der Waals surface area contributed by atoms with Crippen LogP contribution in [0.15, 0.2) is 54.9 Å². The Balaban J connectivity index is 1.87. The van der Waals surface area contributed by atoms with Crippen LogP contribution in [0.3, 0.4) is 0 Å². The highest BCUT2D eigenvalue weighted by atomic mass is 19.1. The summed E-state index contributed by atoms with van der Waals surface area (Å²) < 4.78 is 13.1. The van der Waals surface area contributed by atoms with Gasteiger partial charge in [-0.2, -0.15) is 0 Å². The van der Waals surface area contributed by atoms with Gasteiger partial charge in [0, 0.05) is 35.4 Å². The quantitative estimate of drug-likeness (QED) is 0.764. The van der Waals surface area contributed by atoms with Gasteiger partial charge in [0.25, 0.3) is 0 Å². The average molecular weight is 266 g/mol. The molecule has 0 spiro atoms. The maximum Gasteiger partial charge on any atom is 0.123 e. The fourth-order valence-corrected chi connectivity index (χ4v) is 2.32. The molecule has 0 bridgehead atoms. The largest absolute Gasteiger partial charge is 0.380 e. The molecule has 3 rings (SSSR count). The first-order chi connectivity index (χ1) is 9.74. The minimum Gasteiger partial charge on any atom is -0.380 e. The standard InChI is InChI=1S/C17H15FN2/c1-12-9-15(18)6-5-13(12)11-20-17-4-2-3-14-10-19-8-7-16(14)17/h2-10,20H,11H2,1H3. The molecule has 0 amide bonds. The molecule has 0 unspecified atom stereocenters. The smallest absolute Gasteiger partial charge is 0.123 e. The van der Waals surface area contributed by atoms with Crippen molar-refractivity contribution in [1.82, 2.24) is 4.98 Å². The van der Waals surface area contributed by atoms with Crippen molar-refractivity contribution in [3.8, 4) is 0 Å². The second-order valence-electron chi connectivity index (χ2n) is 4.83. The van der Waals surface area contributed by atoms with Crippen LogP contribution in [0.1, 0.15) is 11.1 Å². The summed E-state index contributed by atoms with van der Waals surface area (Å²) >= 11 is 0. The molecule has 2 aromatic carbocycles. The van der Waals surface area contributed by atoms with Crippen LogP contribution in [0.2, 0.25) is 0 Å². The molecule has 0 saturated carbocycles. The summed E-state index contributed by atoms with van der Waals surface area (Å²) in [6.07, 6.45) is 3.64. The summed E-state index contributed by atoms with van der Waals surface area (Å²) in [7, 11) is 0. The summed E-state index contributed by atoms with van der Waals surface area (Å²) in [4.78, 5) is 4.13. The Morgan fingerprint density at radius 1 is 1.15 bits per heavy atom. The third-order valence-corrected chi connectivity index (χ3v) is 3.45. The lowest BCUT2D eigenvalue weighted by atomic mass is 10.1. The predicted octanol–water partition coefficient (Wildman–Crippen LogP) is 4.29. The number of pyridine rings is 1. The van der Waals surface area contributed by atoms with Crippen molar-refractivity contribution >= 4 is 16.5 Å². The monoisotopic (exact) mass is 266 g/mol. The van der Waals surface area contributed by atoms with Gasteiger partial charge < -0.3 is 5.32 Å². The Hall–Kier alpha value is -2.42. The van der Waals surface area contributed by atoms with E-state index in [1.807, 2.05) is 43.5 Å². The van der Waals surface area contributed by atoms with Gasteiger partial charge in [0.15, 0.2) is 0 Å². The number of halogens is 1. The Morgan fingerprint density at radius 3 is 2.90 bits per heavy atom. The van der Waals surface area contributed by atoms with Crippen molar-refractivity contribution in [3.05, 3.63) is 71.8 Å². The lowest BCUT2D eigenvalue weighted by molar-refractivity contribution is 0.625. The number of nitrogens with one attached hydrogen (secondary N) is 1. The highest BCUT2D eigenvalue weighted by molar-refractivity contribution is 5.93. The third-order valence-electron chi connectivity index (χ3n) is 3.45. The molecule has 0 atom stereocenters. The van der Waals surface area contributed by atoms with Gasteiger partial charge in [0.05, 0.1) is 0 Å². The molecular formula is C17H15FN2. The van der Waals surface area contributed by atoms with Crippen molar-refractivity contribution < 1.29 is 4.39 Å². The van der Waals surface area contributed by atoms with Crippen molar-refractivity contribution in [3.63, 3.8) is 0 Å². The third kappa shape index (κ3) is 2.48. The number of aryl methyl sites for hydroxylation is 1. The molecule has 0 aliphatic rings. The normalized spacial score (nSPS) is 10.7. The van der Waals surface area contributed by atoms with E-state index in [1.54, 1.807) is 12.3 Å². The number of hydrogen-bond acceptors (Lipinski definition) is 2. The fourth-order valence-electron chi connectivity index (χ4n) is 2.32. The molecule has 1 N–H and O–H groups in total. The lowest BCUT2D eigenvalue weighted by Gasteiger charge is -2.11. The Morgan fingerprint density at radius 2 is 2.05 bits per heavy atom. The zero-order valence-corrected chi connectivity index (χ0v) is 11.2. The molecule has 0 saturated heterocycles. The van der Waals surface area contributed by atoms with Crippen molar-refractivity contribution in [1.29, 1.82) is 0 Å². The highest BCUT2D eigenvalue weighted by Gasteiger charge is 2.03. The van der Waals surface area contributed by atoms with Crippen LogP contribution in [0, 0.1) is 12.7 Å². The molecule has 100 valence electrons. The van der Waals surface area contributed by atoms with Gasteiger partial charge in [-0.25, -0.2) is 4.39 Å². The minimum absolute atomic E-state index is 0.192. The first-order valence-corrected chi connectivity index (χ1v) is 6.56. The maximum absolute atomic E-state index is 13.1. The zero-order chi connectivity index (χ0) is 13.9. The molecule has 0 radical (unpaired) electrons. The Labute approximate surface area is 117 Å². The Bertz CT molecular complexity index is 748. The van der Waals surface area contributed by atoms with Crippen molar-refractivity contribution in [2.24, 2.45) is 0 Å². The lowest BCUT2D eigenvalue weighted by Crippen LogP contribution is -2.02. The second kappa shape index (κ2) is 5.29. The van der Waals surface area contributed by atoms with E-state index in [9.17, 15) is 4.39 Å². The topological polar surface area (TPSA) is 24.9 Å². The van der Waals surface area contributed by atoms with Crippen LogP contribution in [0.5, 0.6) is 0 Å². The summed E-state index contributed by atoms with van der Waals surface area (Å²) in [6, 6.07) is 13.0. The van der Waals surface area contributed by atoms with Crippen LogP contribution in [-0.4, -0.2) is 4.98 Å². The van der Waals surface area contributed by atoms with Gasteiger partial charge in [-0.3, -0.25) is 4.98 Å². The Kier molecular flexibility index (Phi) is 3.33. The molecule has 3 heteroatoms. The van der Waals surface area contributed by atoms with E-state index in [1.165, 1.54) is 6.07 Å². The highest BCUT2D eigenvalue weighted by Crippen LogP contribution is 2.23. The summed E-state index contributed by atoms with van der Waals surface area (Å²) in [5.41, 5.74) is 3.12. The van der Waals surface area contributed by atoms with Crippen LogP contribution in [0.25, 0.3) is 10.8 Å². The van der Waals surface area contributed by atoms with Crippen LogP contribution >= 0.6 is 0 Å². The van der Waals surface area contributed by atoms with E-state index in [0.717, 1.165) is 27.6 Å². The summed E-state index contributed by atoms with van der Waals surface area (Å²) in [5, 5.41) is 5.66. The number of aromatic nitrogens is 1. The van der Waals surface area contributed by atoms with Gasteiger partial charge in [0.2, 0.25) is 0 Å². The van der Waals surface area contributed by atoms with Crippen LogP contribution in [-0.2, 0) is 6.54 Å². The van der Waals surface area contributed by atoms with Gasteiger partial charge in [-0.15, -0.1) is 0 Å². The van der Waals surface area contributed by atoms with Crippen LogP contribution < -0.4 is 5.32 Å². The van der Waals surface area contributed by atoms with Gasteiger partial charge in [-0.05, 0) is 42.3 Å². The maximum atomic E-state index is 13.1. The number of hydrogen-bond donors (Lipinski definition) is 1. The van der Waals surface area contributed by atoms with E-state index in [4.69, 9.17) is 0 Å². The van der Waals surface area contributed by atoms with E-state index >= 15 is 0 Å². The van der Waals surface area contributed by atoms with E-state index in [0.29, 0.717) is 6.54 Å². The van der Waals surface area contributed by atoms with Crippen LogP contribution in [0.4, 0.5) is 10.1 Å². The number of fused-ring (bicyclic) bond motifs is 1. The molecule has 0 aliphatic carbocycles. The molecule has 20 heavy (non-hydrogen) atoms. The van der Waals surface area contributed by atoms with E-state index in [2.05, 4.69) is 10.3 Å². The van der Waals surface area contributed by atoms with Gasteiger partial charge >= 0.3 is 0 Å². The molecular weight excluding hydrogens is 251 g/mol. The predicted molar refractivity (Wildman–Crippen MR) is 80.2 cm³/mol. The number of nitrogens with zero attached hydrogens (tertiary/aromatic N) is 1. The van der Waals surface area contributed by atoms with Crippen molar-refractivity contribution in [2.45, 2.75) is 13.5 Å². The molecule has 0 fully saturated rings. The SMILES string of the molecule is Cc1cc(F)ccc1CNc1cccc2cnccc12. The van der Waals surface area contributed by atoms with Gasteiger partial charge in [0.1, 0.15) is 5.82 Å². The fraction of sp³-hybridized carbons (Fsp3) is 0.118. The first-order valence-electron chi connectivity index (χ1n) is 6.56. The van der Waals surface area contributed by atoms with Gasteiger partial charge in [-0.1, -0.05) is 18.2 Å². The minimum atomic E-state index is -0.192. The second-order valence-corrected chi connectivity index (χ2v) is 4.83. The van der Waals surface area contributed by atoms with E-state index in [-0.39, 0.29) is 5.82 Å². The van der Waals surface area contributed by atoms with E-state index < -0.39 is 0 Å². The number of benzene rings is 2. The van der Waals surface area contributed by atoms with Crippen molar-refractivity contribution in [2.75, 3.05) is 5.32 Å². The number of anilines is 1. The molecule has 2 nitrogen and oxygen atoms in total. The summed E-state index contributed by atoms with van der Waals surface area (Å²) in [5.74, 6) is -0.192.